The minimum atomic E-state index is -1.02. The van der Waals surface area contributed by atoms with Crippen molar-refractivity contribution in [2.75, 3.05) is 6.61 Å². The highest BCUT2D eigenvalue weighted by molar-refractivity contribution is 5.68. The predicted octanol–water partition coefficient (Wildman–Crippen LogP) is 1.33. The van der Waals surface area contributed by atoms with Crippen molar-refractivity contribution in [3.8, 4) is 11.8 Å². The number of carboxylic acid groups (broad SMARTS) is 1. The summed E-state index contributed by atoms with van der Waals surface area (Å²) in [6, 6.07) is 6.84. The van der Waals surface area contributed by atoms with Crippen LogP contribution >= 0.6 is 0 Å². The zero-order valence-corrected chi connectivity index (χ0v) is 7.65. The van der Waals surface area contributed by atoms with Crippen molar-refractivity contribution in [1.82, 2.24) is 0 Å². The lowest BCUT2D eigenvalue weighted by atomic mass is 10.1. The minimum Gasteiger partial charge on any atom is -0.482 e. The summed E-state index contributed by atoms with van der Waals surface area (Å²) in [5.74, 6) is -0.559. The molecule has 0 aliphatic rings. The molecule has 72 valence electrons. The van der Waals surface area contributed by atoms with E-state index in [1.54, 1.807) is 25.1 Å². The van der Waals surface area contributed by atoms with Gasteiger partial charge < -0.3 is 9.84 Å². The Labute approximate surface area is 81.4 Å². The smallest absolute Gasteiger partial charge is 0.341 e. The van der Waals surface area contributed by atoms with E-state index in [9.17, 15) is 4.79 Å². The molecule has 0 amide bonds. The Hall–Kier alpha value is -2.02. The van der Waals surface area contributed by atoms with Crippen molar-refractivity contribution in [3.63, 3.8) is 0 Å². The zero-order valence-electron chi connectivity index (χ0n) is 7.65. The predicted molar refractivity (Wildman–Crippen MR) is 49.0 cm³/mol. The number of nitriles is 1. The van der Waals surface area contributed by atoms with Crippen molar-refractivity contribution < 1.29 is 14.6 Å². The van der Waals surface area contributed by atoms with Crippen molar-refractivity contribution >= 4 is 5.97 Å². The molecule has 0 aliphatic heterocycles. The average Bonchev–Trinajstić information content (AvgIpc) is 2.15. The number of rotatable bonds is 3. The molecule has 0 saturated heterocycles. The second-order valence-electron chi connectivity index (χ2n) is 2.77. The highest BCUT2D eigenvalue weighted by Gasteiger charge is 2.02. The molecule has 1 rings (SSSR count). The Kier molecular flexibility index (Phi) is 3.08. The highest BCUT2D eigenvalue weighted by Crippen LogP contribution is 2.16. The largest absolute Gasteiger partial charge is 0.482 e. The van der Waals surface area contributed by atoms with Gasteiger partial charge in [0.25, 0.3) is 0 Å². The molecule has 14 heavy (non-hydrogen) atoms. The molecule has 4 nitrogen and oxygen atoms in total. The molecule has 0 fully saturated rings. The van der Waals surface area contributed by atoms with Crippen LogP contribution in [-0.2, 0) is 4.79 Å². The van der Waals surface area contributed by atoms with Crippen molar-refractivity contribution in [1.29, 1.82) is 5.26 Å². The number of carbonyl (C=O) groups is 1. The fraction of sp³-hybridized carbons (Fsp3) is 0.200. The highest BCUT2D eigenvalue weighted by atomic mass is 16.5. The maximum absolute atomic E-state index is 10.2. The zero-order chi connectivity index (χ0) is 10.6. The minimum absolute atomic E-state index is 0.370. The molecule has 0 heterocycles. The van der Waals surface area contributed by atoms with E-state index in [1.807, 2.05) is 6.07 Å². The van der Waals surface area contributed by atoms with Gasteiger partial charge in [-0.2, -0.15) is 5.26 Å². The number of aliphatic carboxylic acids is 1. The molecule has 0 bridgehead atoms. The lowest BCUT2D eigenvalue weighted by Gasteiger charge is -2.04. The van der Waals surface area contributed by atoms with Gasteiger partial charge in [-0.25, -0.2) is 4.79 Å². The van der Waals surface area contributed by atoms with Gasteiger partial charge in [-0.3, -0.25) is 0 Å². The number of nitrogens with zero attached hydrogens (tertiary/aromatic N) is 1. The maximum atomic E-state index is 10.2. The molecule has 0 saturated carbocycles. The van der Waals surface area contributed by atoms with Gasteiger partial charge in [0.1, 0.15) is 5.75 Å². The molecule has 0 aliphatic carbocycles. The van der Waals surface area contributed by atoms with Crippen molar-refractivity contribution in [3.05, 3.63) is 29.3 Å². The lowest BCUT2D eigenvalue weighted by Crippen LogP contribution is -2.09. The molecule has 0 aromatic heterocycles. The summed E-state index contributed by atoms with van der Waals surface area (Å²) >= 11 is 0. The van der Waals surface area contributed by atoms with Gasteiger partial charge in [-0.1, -0.05) is 0 Å². The Bertz CT molecular complexity index is 393. The fourth-order valence-electron chi connectivity index (χ4n) is 0.996. The van der Waals surface area contributed by atoms with Crippen LogP contribution in [0.1, 0.15) is 11.1 Å². The van der Waals surface area contributed by atoms with Crippen LogP contribution in [0.5, 0.6) is 5.75 Å². The summed E-state index contributed by atoms with van der Waals surface area (Å²) in [5.41, 5.74) is 1.34. The third-order valence-corrected chi connectivity index (χ3v) is 1.68. The molecule has 4 heteroatoms. The van der Waals surface area contributed by atoms with Gasteiger partial charge >= 0.3 is 5.97 Å². The first-order valence-electron chi connectivity index (χ1n) is 3.99. The van der Waals surface area contributed by atoms with Gasteiger partial charge in [0, 0.05) is 0 Å². The maximum Gasteiger partial charge on any atom is 0.341 e. The number of hydrogen-bond donors (Lipinski definition) is 1. The van der Waals surface area contributed by atoms with E-state index in [-0.39, 0.29) is 6.61 Å². The SMILES string of the molecule is Cc1cc(OCC(=O)O)ccc1C#N. The molecule has 0 radical (unpaired) electrons. The third-order valence-electron chi connectivity index (χ3n) is 1.68. The fourth-order valence-corrected chi connectivity index (χ4v) is 0.996. The van der Waals surface area contributed by atoms with Crippen LogP contribution in [0.15, 0.2) is 18.2 Å². The Morgan fingerprint density at radius 2 is 2.36 bits per heavy atom. The van der Waals surface area contributed by atoms with Gasteiger partial charge in [0.05, 0.1) is 11.6 Å². The molecular formula is C10H9NO3. The molecule has 1 aromatic carbocycles. The number of aryl methyl sites for hydroxylation is 1. The van der Waals surface area contributed by atoms with Gasteiger partial charge in [-0.05, 0) is 30.7 Å². The summed E-state index contributed by atoms with van der Waals surface area (Å²) < 4.78 is 4.94. The molecule has 0 unspecified atom stereocenters. The van der Waals surface area contributed by atoms with E-state index < -0.39 is 5.97 Å². The standard InChI is InChI=1S/C10H9NO3/c1-7-4-9(14-6-10(12)13)3-2-8(7)5-11/h2-4H,6H2,1H3,(H,12,13). The van der Waals surface area contributed by atoms with Gasteiger partial charge in [-0.15, -0.1) is 0 Å². The Morgan fingerprint density at radius 1 is 1.64 bits per heavy atom. The third kappa shape index (κ3) is 2.49. The second kappa shape index (κ2) is 4.28. The molecule has 1 N–H and O–H groups in total. The van der Waals surface area contributed by atoms with Crippen LogP contribution in [0.2, 0.25) is 0 Å². The quantitative estimate of drug-likeness (QED) is 0.782. The Balaban J connectivity index is 2.77. The van der Waals surface area contributed by atoms with E-state index in [1.165, 1.54) is 0 Å². The summed E-state index contributed by atoms with van der Waals surface area (Å²) in [4.78, 5) is 10.2. The summed E-state index contributed by atoms with van der Waals surface area (Å²) in [5, 5.41) is 17.0. The molecular weight excluding hydrogens is 182 g/mol. The first kappa shape index (κ1) is 10.1. The van der Waals surface area contributed by atoms with Crippen molar-refractivity contribution in [2.45, 2.75) is 6.92 Å². The van der Waals surface area contributed by atoms with Crippen molar-refractivity contribution in [2.24, 2.45) is 0 Å². The van der Waals surface area contributed by atoms with Gasteiger partial charge in [0.2, 0.25) is 0 Å². The van der Waals surface area contributed by atoms with E-state index in [0.29, 0.717) is 11.3 Å². The van der Waals surface area contributed by atoms with E-state index in [4.69, 9.17) is 15.1 Å². The molecule has 0 spiro atoms. The van der Waals surface area contributed by atoms with Gasteiger partial charge in [0.15, 0.2) is 6.61 Å². The van der Waals surface area contributed by atoms with Crippen LogP contribution < -0.4 is 4.74 Å². The van der Waals surface area contributed by atoms with Crippen LogP contribution in [0.4, 0.5) is 0 Å². The van der Waals surface area contributed by atoms with Crippen LogP contribution in [0.25, 0.3) is 0 Å². The van der Waals surface area contributed by atoms with Crippen LogP contribution in [-0.4, -0.2) is 17.7 Å². The lowest BCUT2D eigenvalue weighted by molar-refractivity contribution is -0.139. The normalized spacial score (nSPS) is 9.14. The number of benzene rings is 1. The summed E-state index contributed by atoms with van der Waals surface area (Å²) in [7, 11) is 0. The first-order chi connectivity index (χ1) is 6.63. The molecule has 0 atom stereocenters. The van der Waals surface area contributed by atoms with E-state index in [2.05, 4.69) is 0 Å². The van der Waals surface area contributed by atoms with Crippen LogP contribution in [0, 0.1) is 18.3 Å². The van der Waals surface area contributed by atoms with E-state index in [0.717, 1.165) is 5.56 Å². The summed E-state index contributed by atoms with van der Waals surface area (Å²) in [6.45, 7) is 1.40. The second-order valence-corrected chi connectivity index (χ2v) is 2.77. The van der Waals surface area contributed by atoms with Crippen LogP contribution in [0.3, 0.4) is 0 Å². The number of hydrogen-bond acceptors (Lipinski definition) is 3. The average molecular weight is 191 g/mol. The summed E-state index contributed by atoms with van der Waals surface area (Å²) in [6.07, 6.45) is 0. The monoisotopic (exact) mass is 191 g/mol. The molecule has 1 aromatic rings. The Morgan fingerprint density at radius 3 is 2.86 bits per heavy atom. The first-order valence-corrected chi connectivity index (χ1v) is 3.99. The van der Waals surface area contributed by atoms with E-state index >= 15 is 0 Å². The number of carboxylic acids is 1. The topological polar surface area (TPSA) is 70.3 Å². The number of ether oxygens (including phenoxy) is 1.